The number of phosphoric acid groups is 3. The van der Waals surface area contributed by atoms with Gasteiger partial charge in [0.2, 0.25) is 0 Å². The van der Waals surface area contributed by atoms with Crippen LogP contribution in [0, 0.1) is 5.41 Å². The summed E-state index contributed by atoms with van der Waals surface area (Å²) in [5.74, 6) is 0.721. The molecule has 382 valence electrons. The maximum atomic E-state index is 12.3. The van der Waals surface area contributed by atoms with Crippen molar-refractivity contribution in [3.05, 3.63) is 138 Å². The van der Waals surface area contributed by atoms with E-state index in [1.54, 1.807) is 0 Å². The fourth-order valence-corrected chi connectivity index (χ4v) is 15.1. The van der Waals surface area contributed by atoms with Crippen molar-refractivity contribution in [3.63, 3.8) is 0 Å². The van der Waals surface area contributed by atoms with Crippen molar-refractivity contribution >= 4 is 23.5 Å². The molecule has 4 aromatic carbocycles. The summed E-state index contributed by atoms with van der Waals surface area (Å²) in [4.78, 5) is 0. The Labute approximate surface area is 413 Å². The first-order valence-corrected chi connectivity index (χ1v) is 29.1. The van der Waals surface area contributed by atoms with Crippen LogP contribution in [0.15, 0.2) is 121 Å². The Morgan fingerprint density at radius 3 is 1.47 bits per heavy atom. The summed E-state index contributed by atoms with van der Waals surface area (Å²) in [5, 5.41) is 0. The number of ether oxygens (including phenoxy) is 3. The molecule has 0 saturated carbocycles. The summed E-state index contributed by atoms with van der Waals surface area (Å²) in [6.45, 7) is 14.0. The number of hydrogen-bond donors (Lipinski definition) is 0. The molecule has 6 bridgehead atoms. The fraction of sp³-hybridized carbons (Fsp3) is 0.538. The summed E-state index contributed by atoms with van der Waals surface area (Å²) < 4.78 is 104. The molecule has 9 aliphatic rings. The van der Waals surface area contributed by atoms with E-state index in [9.17, 15) is 13.7 Å². The Morgan fingerprint density at radius 2 is 0.986 bits per heavy atom. The summed E-state index contributed by atoms with van der Waals surface area (Å²) in [7, 11) is -10.1. The van der Waals surface area contributed by atoms with Gasteiger partial charge in [0.05, 0.1) is 38.4 Å². The number of hydrogen-bond acceptors (Lipinski definition) is 15. The van der Waals surface area contributed by atoms with Gasteiger partial charge in [-0.3, -0.25) is 40.7 Å². The van der Waals surface area contributed by atoms with Crippen LogP contribution in [0.25, 0.3) is 0 Å². The highest BCUT2D eigenvalue weighted by Gasteiger charge is 2.66. The number of fused-ring (bicyclic) bond motifs is 9. The van der Waals surface area contributed by atoms with Crippen molar-refractivity contribution < 1.29 is 68.6 Å². The second-order valence-electron chi connectivity index (χ2n) is 18.7. The third-order valence-electron chi connectivity index (χ3n) is 14.0. The van der Waals surface area contributed by atoms with Crippen molar-refractivity contribution in [1.82, 2.24) is 0 Å². The average molecular weight is 1030 g/mol. The molecule has 0 aliphatic carbocycles. The highest BCUT2D eigenvalue weighted by Crippen LogP contribution is 2.66. The highest BCUT2D eigenvalue weighted by atomic mass is 31.2. The number of rotatable bonds is 17. The van der Waals surface area contributed by atoms with Gasteiger partial charge in [-0.05, 0) is 68.9 Å². The maximum Gasteiger partial charge on any atom is 0.476 e. The van der Waals surface area contributed by atoms with E-state index in [4.69, 9.17) is 54.9 Å². The first-order chi connectivity index (χ1) is 33.7. The first-order valence-electron chi connectivity index (χ1n) is 24.7. The molecule has 70 heavy (non-hydrogen) atoms. The van der Waals surface area contributed by atoms with Gasteiger partial charge < -0.3 is 14.2 Å². The minimum Gasteiger partial charge on any atom is -0.479 e. The molecule has 9 fully saturated rings. The molecule has 9 saturated heterocycles. The molecular formula is C52H69O15P3. The fourth-order valence-electron chi connectivity index (χ4n) is 9.98. The summed E-state index contributed by atoms with van der Waals surface area (Å²) in [6.07, 6.45) is 5.89. The van der Waals surface area contributed by atoms with Gasteiger partial charge in [0, 0.05) is 6.61 Å². The van der Waals surface area contributed by atoms with Crippen LogP contribution in [0.2, 0.25) is 0 Å². The van der Waals surface area contributed by atoms with E-state index in [-0.39, 0.29) is 30.5 Å². The third kappa shape index (κ3) is 11.1. The zero-order chi connectivity index (χ0) is 49.5. The lowest BCUT2D eigenvalue weighted by Gasteiger charge is -2.55. The zero-order valence-electron chi connectivity index (χ0n) is 41.1. The number of unbranched alkanes of at least 4 members (excludes halogenated alkanes) is 4. The minimum absolute atomic E-state index is 0.207. The molecule has 13 rings (SSSR count). The molecule has 7 unspecified atom stereocenters. The van der Waals surface area contributed by atoms with Gasteiger partial charge in [-0.15, -0.1) is 0 Å². The number of para-hydroxylation sites is 1. The number of phosphoric ester groups is 3. The Bertz CT molecular complexity index is 2290. The second-order valence-corrected chi connectivity index (χ2v) is 23.5. The van der Waals surface area contributed by atoms with Gasteiger partial charge in [-0.2, -0.15) is 0 Å². The zero-order valence-corrected chi connectivity index (χ0v) is 43.8. The predicted octanol–water partition coefficient (Wildman–Crippen LogP) is 12.8. The average Bonchev–Trinajstić information content (AvgIpc) is 3.38. The molecule has 7 atom stereocenters. The molecular weight excluding hydrogens is 957 g/mol. The van der Waals surface area contributed by atoms with Crippen LogP contribution in [-0.2, 0) is 69.5 Å². The van der Waals surface area contributed by atoms with Crippen molar-refractivity contribution in [2.75, 3.05) is 39.6 Å². The van der Waals surface area contributed by atoms with E-state index >= 15 is 0 Å². The van der Waals surface area contributed by atoms with E-state index in [0.717, 1.165) is 35.3 Å². The van der Waals surface area contributed by atoms with Crippen LogP contribution in [0.3, 0.4) is 0 Å². The smallest absolute Gasteiger partial charge is 0.476 e. The largest absolute Gasteiger partial charge is 0.479 e. The number of benzene rings is 4. The Hall–Kier alpha value is -3.07. The van der Waals surface area contributed by atoms with Crippen LogP contribution in [0.4, 0.5) is 0 Å². The minimum atomic E-state index is -3.44. The van der Waals surface area contributed by atoms with Gasteiger partial charge in [0.25, 0.3) is 0 Å². The maximum absolute atomic E-state index is 12.3. The molecule has 0 spiro atoms. The highest BCUT2D eigenvalue weighted by molar-refractivity contribution is 7.49. The van der Waals surface area contributed by atoms with Crippen molar-refractivity contribution in [1.29, 1.82) is 0 Å². The van der Waals surface area contributed by atoms with Crippen LogP contribution in [0.1, 0.15) is 103 Å². The van der Waals surface area contributed by atoms with E-state index in [0.29, 0.717) is 46.1 Å². The summed E-state index contributed by atoms with van der Waals surface area (Å²) in [6, 6.07) is 40.1. The molecule has 0 radical (unpaired) electrons. The SMILES string of the molecule is CCC1OP2(=O)OC(C)C1(Oc1ccccc1)C(C)O2.CCCCCCCOC12COP(=O)(OC1C)OC2CC.O=P12OCC(COC(c3ccccc3)(c3ccccc3)c3ccccc3)(CO1)CO2. The van der Waals surface area contributed by atoms with Crippen molar-refractivity contribution in [2.24, 2.45) is 5.41 Å². The first kappa shape index (κ1) is 53.2. The molecule has 9 heterocycles. The predicted molar refractivity (Wildman–Crippen MR) is 263 cm³/mol. The third-order valence-corrected chi connectivity index (χ3v) is 18.5. The van der Waals surface area contributed by atoms with Crippen LogP contribution >= 0.6 is 23.5 Å². The normalized spacial score (nSPS) is 35.0. The van der Waals surface area contributed by atoms with Crippen molar-refractivity contribution in [2.45, 2.75) is 134 Å². The molecule has 15 nitrogen and oxygen atoms in total. The molecule has 4 aromatic rings. The van der Waals surface area contributed by atoms with Crippen LogP contribution in [-0.4, -0.2) is 81.4 Å². The lowest BCUT2D eigenvalue weighted by atomic mass is 9.79. The Kier molecular flexibility index (Phi) is 17.2. The summed E-state index contributed by atoms with van der Waals surface area (Å²) in [5.41, 5.74) is 0.359. The van der Waals surface area contributed by atoms with E-state index in [1.807, 2.05) is 120 Å². The Balaban J connectivity index is 0.000000146. The van der Waals surface area contributed by atoms with E-state index < -0.39 is 45.7 Å². The Morgan fingerprint density at radius 1 is 0.529 bits per heavy atom. The van der Waals surface area contributed by atoms with Gasteiger partial charge in [0.15, 0.2) is 5.60 Å². The van der Waals surface area contributed by atoms with Crippen molar-refractivity contribution in [3.8, 4) is 5.75 Å². The summed E-state index contributed by atoms with van der Waals surface area (Å²) >= 11 is 0. The lowest BCUT2D eigenvalue weighted by Crippen LogP contribution is -2.69. The lowest BCUT2D eigenvalue weighted by molar-refractivity contribution is -0.245. The molecule has 0 amide bonds. The van der Waals surface area contributed by atoms with Gasteiger partial charge in [-0.1, -0.05) is 156 Å². The van der Waals surface area contributed by atoms with E-state index in [1.165, 1.54) is 25.7 Å². The van der Waals surface area contributed by atoms with E-state index in [2.05, 4.69) is 43.3 Å². The van der Waals surface area contributed by atoms with Crippen LogP contribution < -0.4 is 4.74 Å². The molecule has 0 N–H and O–H groups in total. The quantitative estimate of drug-likeness (QED) is 0.0557. The topological polar surface area (TPSA) is 162 Å². The second kappa shape index (κ2) is 22.6. The monoisotopic (exact) mass is 1030 g/mol. The van der Waals surface area contributed by atoms with Gasteiger partial charge >= 0.3 is 23.5 Å². The molecule has 9 aliphatic heterocycles. The molecule has 0 aromatic heterocycles. The van der Waals surface area contributed by atoms with Crippen LogP contribution in [0.5, 0.6) is 5.75 Å². The van der Waals surface area contributed by atoms with Gasteiger partial charge in [0.1, 0.15) is 47.5 Å². The van der Waals surface area contributed by atoms with Gasteiger partial charge in [-0.25, -0.2) is 13.7 Å². The standard InChI is InChI=1S/C24H23O5P.C14H19O5P.C14H27O5P/c25-30-27-17-23(18-28-30,19-29-30)16-26-24(20-10-4-1-5-11-20,21-12-6-2-7-13-21)22-14-8-3-9-15-22;1-4-13-14(16-12-8-6-5-7-9-12)10(2)17-20(15,19-13)18-11(14)3;1-4-6-7-8-9-10-16-14-11-17-20(15,18-12(14)3)19-13(14)5-2/h1-15H,16-19H2;5-11,13H,4H2,1-3H3;12-13H,4-11H2,1-3H3. The molecule has 18 heteroatoms.